The molecule has 0 fully saturated rings. The van der Waals surface area contributed by atoms with Gasteiger partial charge in [-0.05, 0) is 16.7 Å². The zero-order chi connectivity index (χ0) is 14.5. The predicted octanol–water partition coefficient (Wildman–Crippen LogP) is 2.80. The lowest BCUT2D eigenvalue weighted by Gasteiger charge is -2.09. The van der Waals surface area contributed by atoms with E-state index in [0.29, 0.717) is 15.4 Å². The smallest absolute Gasteiger partial charge is 0.249 e. The molecule has 0 atom stereocenters. The van der Waals surface area contributed by atoms with E-state index in [1.807, 2.05) is 0 Å². The topological polar surface area (TPSA) is 113 Å². The van der Waals surface area contributed by atoms with Gasteiger partial charge in [-0.3, -0.25) is 4.79 Å². The number of rotatable bonds is 4. The van der Waals surface area contributed by atoms with Gasteiger partial charge in [0.05, 0.1) is 6.20 Å². The molecule has 1 aromatic carbocycles. The lowest BCUT2D eigenvalue weighted by atomic mass is 10.1. The minimum atomic E-state index is -0.749. The van der Waals surface area contributed by atoms with E-state index in [4.69, 9.17) is 27.1 Å². The molecule has 0 saturated heterocycles. The highest BCUT2D eigenvalue weighted by molar-refractivity contribution is 6.31. The zero-order valence-electron chi connectivity index (χ0n) is 9.97. The van der Waals surface area contributed by atoms with Gasteiger partial charge in [-0.15, -0.1) is 4.85 Å². The van der Waals surface area contributed by atoms with E-state index < -0.39 is 5.91 Å². The number of halogens is 1. The van der Waals surface area contributed by atoms with Crippen LogP contribution in [0.5, 0.6) is 5.88 Å². The van der Waals surface area contributed by atoms with Gasteiger partial charge in [-0.1, -0.05) is 28.8 Å². The van der Waals surface area contributed by atoms with Crippen LogP contribution >= 0.6 is 11.6 Å². The van der Waals surface area contributed by atoms with Crippen LogP contribution in [0.15, 0.2) is 35.6 Å². The number of hydrogen-bond donors (Lipinski definition) is 1. The van der Waals surface area contributed by atoms with E-state index in [1.165, 1.54) is 18.3 Å². The van der Waals surface area contributed by atoms with Gasteiger partial charge in [-0.25, -0.2) is 0 Å². The number of amides is 1. The second kappa shape index (κ2) is 5.96. The molecule has 1 amide bonds. The molecule has 0 aliphatic carbocycles. The van der Waals surface area contributed by atoms with Crippen LogP contribution < -0.4 is 4.74 Å². The van der Waals surface area contributed by atoms with Gasteiger partial charge in [0.25, 0.3) is 0 Å². The Morgan fingerprint density at radius 2 is 2.35 bits per heavy atom. The Labute approximate surface area is 117 Å². The molecule has 1 heterocycles. The van der Waals surface area contributed by atoms with Crippen molar-refractivity contribution in [1.29, 1.82) is 0 Å². The van der Waals surface area contributed by atoms with E-state index >= 15 is 0 Å². The third kappa shape index (κ3) is 3.00. The first-order chi connectivity index (χ1) is 9.61. The molecule has 0 aliphatic rings. The average Bonchev–Trinajstić information content (AvgIpc) is 2.83. The van der Waals surface area contributed by atoms with Gasteiger partial charge >= 0.3 is 0 Å². The lowest BCUT2D eigenvalue weighted by Crippen LogP contribution is -2.05. The lowest BCUT2D eigenvalue weighted by molar-refractivity contribution is 0.0997. The number of carbonyl (C=O) groups is 1. The van der Waals surface area contributed by atoms with Crippen LogP contribution in [0.2, 0.25) is 5.02 Å². The second-order valence-corrected chi connectivity index (χ2v) is 4.03. The fraction of sp³-hybridized carbons (Fsp3) is 0.0909. The van der Waals surface area contributed by atoms with Gasteiger partial charge in [0.2, 0.25) is 11.8 Å². The third-order valence-electron chi connectivity index (χ3n) is 2.40. The number of carbonyl (C=O) groups excluding carboxylic acids is 1. The van der Waals surface area contributed by atoms with Gasteiger partial charge in [0, 0.05) is 27.1 Å². The van der Waals surface area contributed by atoms with Crippen molar-refractivity contribution in [3.8, 4) is 5.88 Å². The predicted molar refractivity (Wildman–Crippen MR) is 68.7 cm³/mol. The molecular weight excluding hydrogens is 286 g/mol. The molecule has 20 heavy (non-hydrogen) atoms. The normalized spacial score (nSPS) is 9.85. The van der Waals surface area contributed by atoms with Crippen LogP contribution in [-0.4, -0.2) is 21.1 Å². The summed E-state index contributed by atoms with van der Waals surface area (Å²) in [6.07, 6.45) is 1.29. The molecule has 0 saturated carbocycles. The SMILES string of the molecule is [N-]=[N+]=NC(=O)c1cccc(Cl)c1COc1ccn(O)n1. The summed E-state index contributed by atoms with van der Waals surface area (Å²) in [5.41, 5.74) is 8.83. The Balaban J connectivity index is 2.25. The highest BCUT2D eigenvalue weighted by Crippen LogP contribution is 2.22. The fourth-order valence-corrected chi connectivity index (χ4v) is 1.75. The van der Waals surface area contributed by atoms with Crippen LogP contribution in [0.4, 0.5) is 0 Å². The summed E-state index contributed by atoms with van der Waals surface area (Å²) < 4.78 is 5.30. The summed E-state index contributed by atoms with van der Waals surface area (Å²) >= 11 is 6.00. The molecule has 0 spiro atoms. The molecule has 0 unspecified atom stereocenters. The van der Waals surface area contributed by atoms with Crippen LogP contribution in [0.1, 0.15) is 15.9 Å². The zero-order valence-corrected chi connectivity index (χ0v) is 10.7. The summed E-state index contributed by atoms with van der Waals surface area (Å²) in [5.74, 6) is -0.587. The third-order valence-corrected chi connectivity index (χ3v) is 2.75. The maximum atomic E-state index is 11.6. The number of aromatic nitrogens is 2. The van der Waals surface area contributed by atoms with E-state index in [-0.39, 0.29) is 18.1 Å². The summed E-state index contributed by atoms with van der Waals surface area (Å²) in [6, 6.07) is 6.06. The molecular formula is C11H8ClN5O3. The maximum absolute atomic E-state index is 11.6. The van der Waals surface area contributed by atoms with Crippen molar-refractivity contribution < 1.29 is 14.7 Å². The second-order valence-electron chi connectivity index (χ2n) is 3.62. The van der Waals surface area contributed by atoms with Crippen molar-refractivity contribution in [2.45, 2.75) is 6.61 Å². The molecule has 0 aliphatic heterocycles. The Morgan fingerprint density at radius 1 is 1.55 bits per heavy atom. The minimum Gasteiger partial charge on any atom is -0.472 e. The van der Waals surface area contributed by atoms with Crippen molar-refractivity contribution in [3.05, 3.63) is 57.1 Å². The first-order valence-electron chi connectivity index (χ1n) is 5.36. The van der Waals surface area contributed by atoms with Crippen LogP contribution in [0.3, 0.4) is 0 Å². The van der Waals surface area contributed by atoms with Crippen molar-refractivity contribution in [3.63, 3.8) is 0 Å². The van der Waals surface area contributed by atoms with E-state index in [0.717, 1.165) is 0 Å². The monoisotopic (exact) mass is 293 g/mol. The molecule has 0 radical (unpaired) electrons. The fourth-order valence-electron chi connectivity index (χ4n) is 1.52. The standard InChI is InChI=1S/C11H8ClN5O3/c12-9-3-1-2-7(11(18)14-16-13)8(9)6-20-10-4-5-17(19)15-10/h1-5,19H,6H2. The Hall–Kier alpha value is -2.70. The van der Waals surface area contributed by atoms with Crippen molar-refractivity contribution in [2.24, 2.45) is 5.11 Å². The quantitative estimate of drug-likeness (QED) is 0.404. The largest absolute Gasteiger partial charge is 0.472 e. The Morgan fingerprint density at radius 3 is 3.00 bits per heavy atom. The highest BCUT2D eigenvalue weighted by Gasteiger charge is 2.14. The van der Waals surface area contributed by atoms with E-state index in [9.17, 15) is 4.79 Å². The Bertz CT molecular complexity index is 693. The molecule has 8 nitrogen and oxygen atoms in total. The highest BCUT2D eigenvalue weighted by atomic mass is 35.5. The first kappa shape index (κ1) is 13.7. The van der Waals surface area contributed by atoms with Crippen molar-refractivity contribution >= 4 is 17.5 Å². The van der Waals surface area contributed by atoms with Crippen LogP contribution in [0, 0.1) is 0 Å². The number of hydrogen-bond acceptors (Lipinski definition) is 4. The molecule has 2 aromatic rings. The average molecular weight is 294 g/mol. The van der Waals surface area contributed by atoms with Crippen molar-refractivity contribution in [2.75, 3.05) is 0 Å². The molecule has 9 heteroatoms. The molecule has 1 N–H and O–H groups in total. The minimum absolute atomic E-state index is 0.0568. The number of nitrogens with zero attached hydrogens (tertiary/aromatic N) is 5. The molecule has 102 valence electrons. The first-order valence-corrected chi connectivity index (χ1v) is 5.74. The molecule has 0 bridgehead atoms. The maximum Gasteiger partial charge on any atom is 0.249 e. The summed E-state index contributed by atoms with van der Waals surface area (Å²) in [4.78, 5) is 14.7. The summed E-state index contributed by atoms with van der Waals surface area (Å²) in [6.45, 7) is -0.0568. The summed E-state index contributed by atoms with van der Waals surface area (Å²) in [7, 11) is 0. The van der Waals surface area contributed by atoms with Gasteiger partial charge < -0.3 is 9.94 Å². The Kier molecular flexibility index (Phi) is 4.09. The van der Waals surface area contributed by atoms with E-state index in [1.54, 1.807) is 12.1 Å². The number of ether oxygens (including phenoxy) is 1. The molecule has 2 rings (SSSR count). The van der Waals surface area contributed by atoms with Gasteiger partial charge in [0.15, 0.2) is 0 Å². The van der Waals surface area contributed by atoms with Gasteiger partial charge in [0.1, 0.15) is 6.61 Å². The van der Waals surface area contributed by atoms with Crippen molar-refractivity contribution in [1.82, 2.24) is 9.94 Å². The van der Waals surface area contributed by atoms with Crippen LogP contribution in [-0.2, 0) is 6.61 Å². The molecule has 1 aromatic heterocycles. The number of azide groups is 1. The number of benzene rings is 1. The summed E-state index contributed by atoms with van der Waals surface area (Å²) in [5, 5.41) is 15.9. The van der Waals surface area contributed by atoms with Crippen LogP contribution in [0.25, 0.3) is 10.4 Å². The van der Waals surface area contributed by atoms with E-state index in [2.05, 4.69) is 15.1 Å². The van der Waals surface area contributed by atoms with Gasteiger partial charge in [-0.2, -0.15) is 0 Å².